The zero-order valence-electron chi connectivity index (χ0n) is 10.6. The maximum absolute atomic E-state index is 11.8. The van der Waals surface area contributed by atoms with Crippen LogP contribution in [-0.4, -0.2) is 62.0 Å². The van der Waals surface area contributed by atoms with E-state index in [1.54, 1.807) is 0 Å². The lowest BCUT2D eigenvalue weighted by Gasteiger charge is -2.37. The lowest BCUT2D eigenvalue weighted by atomic mass is 10.1. The maximum Gasteiger partial charge on any atom is 0.240 e. The Labute approximate surface area is 102 Å². The molecule has 5 nitrogen and oxygen atoms in total. The Hall–Kier alpha value is -1.12. The fourth-order valence-electron chi connectivity index (χ4n) is 2.22. The van der Waals surface area contributed by atoms with Crippen LogP contribution in [0.1, 0.15) is 12.8 Å². The quantitative estimate of drug-likeness (QED) is 0.728. The Morgan fingerprint density at radius 3 is 2.76 bits per heavy atom. The van der Waals surface area contributed by atoms with E-state index in [0.717, 1.165) is 32.5 Å². The number of carbonyl (C=O) groups excluding carboxylic acids is 1. The topological polar surface area (TPSA) is 59.4 Å². The van der Waals surface area contributed by atoms with Gasteiger partial charge in [-0.1, -0.05) is 0 Å². The average Bonchev–Trinajstić information content (AvgIpc) is 3.11. The van der Waals surface area contributed by atoms with Crippen LogP contribution >= 0.6 is 0 Å². The van der Waals surface area contributed by atoms with Crippen molar-refractivity contribution in [1.82, 2.24) is 15.1 Å². The van der Waals surface area contributed by atoms with Crippen LogP contribution in [0.4, 0.5) is 0 Å². The van der Waals surface area contributed by atoms with E-state index in [-0.39, 0.29) is 5.91 Å². The van der Waals surface area contributed by atoms with E-state index >= 15 is 0 Å². The van der Waals surface area contributed by atoms with Gasteiger partial charge in [0.05, 0.1) is 6.07 Å². The number of hydrogen-bond acceptors (Lipinski definition) is 4. The largest absolute Gasteiger partial charge is 0.353 e. The van der Waals surface area contributed by atoms with Gasteiger partial charge in [0.15, 0.2) is 0 Å². The van der Waals surface area contributed by atoms with Crippen molar-refractivity contribution >= 4 is 5.91 Å². The van der Waals surface area contributed by atoms with Gasteiger partial charge in [-0.15, -0.1) is 0 Å². The van der Waals surface area contributed by atoms with E-state index in [9.17, 15) is 4.79 Å². The van der Waals surface area contributed by atoms with Gasteiger partial charge >= 0.3 is 0 Å². The summed E-state index contributed by atoms with van der Waals surface area (Å²) < 4.78 is 0. The Balaban J connectivity index is 1.81. The molecule has 1 amide bonds. The van der Waals surface area contributed by atoms with Gasteiger partial charge in [-0.25, -0.2) is 0 Å². The van der Waals surface area contributed by atoms with E-state index in [4.69, 9.17) is 5.26 Å². The summed E-state index contributed by atoms with van der Waals surface area (Å²) in [5.41, 5.74) is -0.695. The number of piperazine rings is 1. The molecule has 1 atom stereocenters. The molecule has 2 aliphatic rings. The zero-order valence-corrected chi connectivity index (χ0v) is 10.6. The third kappa shape index (κ3) is 2.59. The van der Waals surface area contributed by atoms with Gasteiger partial charge in [0.1, 0.15) is 5.41 Å². The van der Waals surface area contributed by atoms with Gasteiger partial charge in [0, 0.05) is 32.2 Å². The van der Waals surface area contributed by atoms with Gasteiger partial charge in [0.25, 0.3) is 0 Å². The minimum absolute atomic E-state index is 0.0818. The number of hydrogen-bond donors (Lipinski definition) is 1. The first kappa shape index (κ1) is 12.3. The maximum atomic E-state index is 11.8. The predicted molar refractivity (Wildman–Crippen MR) is 64.2 cm³/mol. The van der Waals surface area contributed by atoms with E-state index in [1.807, 2.05) is 0 Å². The number of likely N-dealkylation sites (N-methyl/N-ethyl adjacent to an activating group) is 2. The molecule has 17 heavy (non-hydrogen) atoms. The van der Waals surface area contributed by atoms with E-state index < -0.39 is 5.41 Å². The number of carbonyl (C=O) groups is 1. The molecule has 1 heterocycles. The second-order valence-corrected chi connectivity index (χ2v) is 5.30. The van der Waals surface area contributed by atoms with Crippen molar-refractivity contribution < 1.29 is 4.79 Å². The summed E-state index contributed by atoms with van der Waals surface area (Å²) in [5.74, 6) is -0.0818. The second-order valence-electron chi connectivity index (χ2n) is 5.30. The van der Waals surface area contributed by atoms with Crippen LogP contribution < -0.4 is 5.32 Å². The van der Waals surface area contributed by atoms with Gasteiger partial charge in [-0.3, -0.25) is 9.69 Å². The molecule has 1 saturated carbocycles. The normalized spacial score (nSPS) is 28.4. The second kappa shape index (κ2) is 4.63. The highest BCUT2D eigenvalue weighted by atomic mass is 16.2. The van der Waals surface area contributed by atoms with Crippen molar-refractivity contribution in [3.8, 4) is 6.07 Å². The summed E-state index contributed by atoms with van der Waals surface area (Å²) in [4.78, 5) is 16.4. The Morgan fingerprint density at radius 1 is 1.47 bits per heavy atom. The lowest BCUT2D eigenvalue weighted by molar-refractivity contribution is -0.124. The number of nitriles is 1. The molecule has 0 aromatic heterocycles. The molecule has 1 aliphatic carbocycles. The molecule has 2 fully saturated rings. The number of rotatable bonds is 3. The Kier molecular flexibility index (Phi) is 3.36. The first-order chi connectivity index (χ1) is 8.07. The molecule has 0 aromatic rings. The van der Waals surface area contributed by atoms with Gasteiger partial charge in [-0.05, 0) is 26.9 Å². The van der Waals surface area contributed by atoms with Crippen LogP contribution in [0.3, 0.4) is 0 Å². The number of nitrogens with zero attached hydrogens (tertiary/aromatic N) is 3. The molecule has 2 rings (SSSR count). The van der Waals surface area contributed by atoms with Crippen molar-refractivity contribution in [2.75, 3.05) is 40.3 Å². The molecule has 94 valence electrons. The molecule has 0 bridgehead atoms. The van der Waals surface area contributed by atoms with Crippen LogP contribution in [-0.2, 0) is 4.79 Å². The van der Waals surface area contributed by atoms with Crippen molar-refractivity contribution in [2.24, 2.45) is 5.41 Å². The number of amides is 1. The predicted octanol–water partition coefficient (Wildman–Crippen LogP) is -0.348. The summed E-state index contributed by atoms with van der Waals surface area (Å²) in [6, 6.07) is 2.48. The number of nitrogens with one attached hydrogen (secondary N) is 1. The van der Waals surface area contributed by atoms with Crippen LogP contribution in [0.25, 0.3) is 0 Å². The van der Waals surface area contributed by atoms with E-state index in [1.165, 1.54) is 0 Å². The molecular weight excluding hydrogens is 216 g/mol. The monoisotopic (exact) mass is 236 g/mol. The SMILES string of the molecule is CN1CCN(C)C(CNC(=O)C2(C#N)CC2)C1. The highest BCUT2D eigenvalue weighted by molar-refractivity contribution is 5.88. The molecule has 5 heteroatoms. The molecule has 1 N–H and O–H groups in total. The van der Waals surface area contributed by atoms with E-state index in [2.05, 4.69) is 35.3 Å². The highest BCUT2D eigenvalue weighted by Crippen LogP contribution is 2.44. The molecule has 1 saturated heterocycles. The smallest absolute Gasteiger partial charge is 0.240 e. The van der Waals surface area contributed by atoms with E-state index in [0.29, 0.717) is 12.6 Å². The summed E-state index contributed by atoms with van der Waals surface area (Å²) in [6.45, 7) is 3.71. The summed E-state index contributed by atoms with van der Waals surface area (Å²) in [7, 11) is 4.18. The third-order valence-corrected chi connectivity index (χ3v) is 3.88. The summed E-state index contributed by atoms with van der Waals surface area (Å²) in [5, 5.41) is 11.9. The van der Waals surface area contributed by atoms with Gasteiger partial charge < -0.3 is 10.2 Å². The van der Waals surface area contributed by atoms with Crippen LogP contribution in [0.5, 0.6) is 0 Å². The minimum atomic E-state index is -0.695. The highest BCUT2D eigenvalue weighted by Gasteiger charge is 2.50. The fraction of sp³-hybridized carbons (Fsp3) is 0.833. The first-order valence-electron chi connectivity index (χ1n) is 6.16. The minimum Gasteiger partial charge on any atom is -0.353 e. The average molecular weight is 236 g/mol. The first-order valence-corrected chi connectivity index (χ1v) is 6.16. The summed E-state index contributed by atoms with van der Waals surface area (Å²) in [6.07, 6.45) is 1.44. The standard InChI is InChI=1S/C12H20N4O/c1-15-5-6-16(2)10(8-15)7-14-11(17)12(9-13)3-4-12/h10H,3-8H2,1-2H3,(H,14,17). The molecule has 1 aliphatic heterocycles. The zero-order chi connectivity index (χ0) is 12.5. The molecule has 1 unspecified atom stereocenters. The van der Waals surface area contributed by atoms with Crippen molar-refractivity contribution in [1.29, 1.82) is 5.26 Å². The summed E-state index contributed by atoms with van der Waals surface area (Å²) >= 11 is 0. The van der Waals surface area contributed by atoms with Crippen LogP contribution in [0.2, 0.25) is 0 Å². The molecule has 0 radical (unpaired) electrons. The molecule has 0 aromatic carbocycles. The lowest BCUT2D eigenvalue weighted by Crippen LogP contribution is -2.54. The Morgan fingerprint density at radius 2 is 2.18 bits per heavy atom. The Bertz CT molecular complexity index is 345. The third-order valence-electron chi connectivity index (χ3n) is 3.88. The van der Waals surface area contributed by atoms with Crippen LogP contribution in [0, 0.1) is 16.7 Å². The van der Waals surface area contributed by atoms with Gasteiger partial charge in [0.2, 0.25) is 5.91 Å². The fourth-order valence-corrected chi connectivity index (χ4v) is 2.22. The van der Waals surface area contributed by atoms with Crippen molar-refractivity contribution in [3.63, 3.8) is 0 Å². The molecule has 0 spiro atoms. The van der Waals surface area contributed by atoms with Crippen molar-refractivity contribution in [3.05, 3.63) is 0 Å². The van der Waals surface area contributed by atoms with Gasteiger partial charge in [-0.2, -0.15) is 5.26 Å². The molecular formula is C12H20N4O. The van der Waals surface area contributed by atoms with Crippen molar-refractivity contribution in [2.45, 2.75) is 18.9 Å². The van der Waals surface area contributed by atoms with Crippen LogP contribution in [0.15, 0.2) is 0 Å².